The molecule has 0 radical (unpaired) electrons. The smallest absolute Gasteiger partial charge is 0.212 e. The average Bonchev–Trinajstić information content (AvgIpc) is 2.97. The Hall–Kier alpha value is -0.690. The number of nitrogens with zero attached hydrogens (tertiary/aromatic N) is 1. The first kappa shape index (κ1) is 12.3. The van der Waals surface area contributed by atoms with Crippen LogP contribution in [0.15, 0.2) is 29.0 Å². The Labute approximate surface area is 115 Å². The molecule has 3 nitrogen and oxygen atoms in total. The van der Waals surface area contributed by atoms with Crippen LogP contribution < -0.4 is 0 Å². The van der Waals surface area contributed by atoms with Crippen LogP contribution in [-0.4, -0.2) is 25.5 Å². The third-order valence-corrected chi connectivity index (χ3v) is 6.33. The van der Waals surface area contributed by atoms with E-state index in [9.17, 15) is 8.42 Å². The molecule has 1 aliphatic rings. The molecule has 0 aromatic carbocycles. The first-order chi connectivity index (χ1) is 8.57. The summed E-state index contributed by atoms with van der Waals surface area (Å²) in [5, 5.41) is 4.05. The van der Waals surface area contributed by atoms with E-state index in [1.807, 2.05) is 17.5 Å². The lowest BCUT2D eigenvalue weighted by atomic mass is 10.0. The van der Waals surface area contributed by atoms with Crippen LogP contribution in [0.4, 0.5) is 0 Å². The predicted octanol–water partition coefficient (Wildman–Crippen LogP) is 2.72. The summed E-state index contributed by atoms with van der Waals surface area (Å²) >= 11 is 3.34. The molecule has 0 N–H and O–H groups in total. The Morgan fingerprint density at radius 1 is 1.28 bits per heavy atom. The molecule has 0 spiro atoms. The van der Waals surface area contributed by atoms with Crippen molar-refractivity contribution in [1.82, 2.24) is 4.31 Å². The molecule has 3 heterocycles. The van der Waals surface area contributed by atoms with Gasteiger partial charge in [0.25, 0.3) is 0 Å². The van der Waals surface area contributed by atoms with Gasteiger partial charge < -0.3 is 0 Å². The minimum atomic E-state index is -3.18. The van der Waals surface area contributed by atoms with Gasteiger partial charge in [-0.3, -0.25) is 0 Å². The number of fused-ring (bicyclic) bond motifs is 1. The maximum atomic E-state index is 12.0. The summed E-state index contributed by atoms with van der Waals surface area (Å²) < 4.78 is 25.5. The van der Waals surface area contributed by atoms with Crippen molar-refractivity contribution < 1.29 is 8.42 Å². The quantitative estimate of drug-likeness (QED) is 0.855. The first-order valence-electron chi connectivity index (χ1n) is 5.64. The minimum Gasteiger partial charge on any atom is -0.212 e. The number of hydrogen-bond donors (Lipinski definition) is 0. The highest BCUT2D eigenvalue weighted by molar-refractivity contribution is 7.88. The third kappa shape index (κ3) is 2.03. The van der Waals surface area contributed by atoms with Crippen LogP contribution >= 0.6 is 22.7 Å². The minimum absolute atomic E-state index is 0.130. The molecule has 3 rings (SSSR count). The monoisotopic (exact) mass is 299 g/mol. The summed E-state index contributed by atoms with van der Waals surface area (Å²) in [5.41, 5.74) is 1.15. The molecule has 0 aliphatic carbocycles. The lowest BCUT2D eigenvalue weighted by Crippen LogP contribution is -2.39. The summed E-state index contributed by atoms with van der Waals surface area (Å²) in [4.78, 5) is 2.41. The van der Waals surface area contributed by atoms with Gasteiger partial charge in [0, 0.05) is 16.3 Å². The average molecular weight is 299 g/mol. The highest BCUT2D eigenvalue weighted by atomic mass is 32.2. The van der Waals surface area contributed by atoms with Gasteiger partial charge in [-0.25, -0.2) is 8.42 Å². The molecule has 0 amide bonds. The van der Waals surface area contributed by atoms with Crippen LogP contribution in [-0.2, 0) is 16.4 Å². The van der Waals surface area contributed by atoms with Crippen LogP contribution in [0, 0.1) is 0 Å². The van der Waals surface area contributed by atoms with Gasteiger partial charge in [-0.1, -0.05) is 6.07 Å². The van der Waals surface area contributed by atoms with Gasteiger partial charge in [0.05, 0.1) is 12.3 Å². The van der Waals surface area contributed by atoms with Gasteiger partial charge in [0.2, 0.25) is 10.0 Å². The fourth-order valence-corrected chi connectivity index (χ4v) is 5.25. The van der Waals surface area contributed by atoms with E-state index in [0.29, 0.717) is 6.54 Å². The highest BCUT2D eigenvalue weighted by Crippen LogP contribution is 2.40. The zero-order chi connectivity index (χ0) is 12.8. The second-order valence-corrected chi connectivity index (χ2v) is 8.26. The van der Waals surface area contributed by atoms with Crippen molar-refractivity contribution in [3.05, 3.63) is 44.3 Å². The van der Waals surface area contributed by atoms with E-state index in [1.54, 1.807) is 27.0 Å². The first-order valence-corrected chi connectivity index (χ1v) is 9.24. The Kier molecular flexibility index (Phi) is 3.05. The van der Waals surface area contributed by atoms with Crippen molar-refractivity contribution in [1.29, 1.82) is 0 Å². The van der Waals surface area contributed by atoms with E-state index in [-0.39, 0.29) is 6.04 Å². The fraction of sp³-hybridized carbons (Fsp3) is 0.333. The highest BCUT2D eigenvalue weighted by Gasteiger charge is 2.35. The van der Waals surface area contributed by atoms with Crippen LogP contribution in [0.2, 0.25) is 0 Å². The normalized spacial score (nSPS) is 20.8. The van der Waals surface area contributed by atoms with E-state index < -0.39 is 10.0 Å². The van der Waals surface area contributed by atoms with E-state index >= 15 is 0 Å². The van der Waals surface area contributed by atoms with Gasteiger partial charge in [-0.2, -0.15) is 4.31 Å². The van der Waals surface area contributed by atoms with Crippen molar-refractivity contribution >= 4 is 32.7 Å². The molecular formula is C12H13NO2S3. The molecule has 1 aliphatic heterocycles. The summed E-state index contributed by atoms with van der Waals surface area (Å²) in [5.74, 6) is 0. The van der Waals surface area contributed by atoms with Gasteiger partial charge >= 0.3 is 0 Å². The molecule has 0 fully saturated rings. The standard InChI is InChI=1S/C12H13NO2S3/c1-18(14,15)13-6-4-10-9(5-8-17-10)12(13)11-3-2-7-16-11/h2-3,5,7-8,12H,4,6H2,1H3/t12-/m0/s1. The second kappa shape index (κ2) is 4.45. The molecule has 18 heavy (non-hydrogen) atoms. The maximum absolute atomic E-state index is 12.0. The number of thiophene rings is 2. The van der Waals surface area contributed by atoms with Crippen molar-refractivity contribution in [3.8, 4) is 0 Å². The summed E-state index contributed by atoms with van der Waals surface area (Å²) in [6.07, 6.45) is 2.12. The van der Waals surface area contributed by atoms with Crippen LogP contribution in [0.1, 0.15) is 21.4 Å². The van der Waals surface area contributed by atoms with E-state index in [0.717, 1.165) is 16.9 Å². The molecule has 2 aromatic heterocycles. The predicted molar refractivity (Wildman–Crippen MR) is 75.7 cm³/mol. The molecule has 2 aromatic rings. The Morgan fingerprint density at radius 2 is 2.11 bits per heavy atom. The summed E-state index contributed by atoms with van der Waals surface area (Å²) in [7, 11) is -3.18. The molecule has 0 saturated carbocycles. The van der Waals surface area contributed by atoms with Gasteiger partial charge in [0.1, 0.15) is 0 Å². The van der Waals surface area contributed by atoms with E-state index in [2.05, 4.69) is 11.4 Å². The van der Waals surface area contributed by atoms with Crippen molar-refractivity contribution in [2.24, 2.45) is 0 Å². The van der Waals surface area contributed by atoms with Crippen molar-refractivity contribution in [3.63, 3.8) is 0 Å². The van der Waals surface area contributed by atoms with E-state index in [4.69, 9.17) is 0 Å². The van der Waals surface area contributed by atoms with Gasteiger partial charge in [-0.05, 0) is 34.9 Å². The van der Waals surface area contributed by atoms with Gasteiger partial charge in [-0.15, -0.1) is 22.7 Å². The number of rotatable bonds is 2. The Morgan fingerprint density at radius 3 is 2.78 bits per heavy atom. The number of hydrogen-bond acceptors (Lipinski definition) is 4. The maximum Gasteiger partial charge on any atom is 0.212 e. The lowest BCUT2D eigenvalue weighted by Gasteiger charge is -2.33. The van der Waals surface area contributed by atoms with Gasteiger partial charge in [0.15, 0.2) is 0 Å². The summed E-state index contributed by atoms with van der Waals surface area (Å²) in [6.45, 7) is 0.578. The second-order valence-electron chi connectivity index (χ2n) is 4.34. The Bertz CT molecular complexity index is 643. The third-order valence-electron chi connectivity index (χ3n) is 3.16. The summed E-state index contributed by atoms with van der Waals surface area (Å²) in [6, 6.07) is 5.92. The van der Waals surface area contributed by atoms with Crippen molar-refractivity contribution in [2.75, 3.05) is 12.8 Å². The van der Waals surface area contributed by atoms with Crippen LogP contribution in [0.25, 0.3) is 0 Å². The molecule has 6 heteroatoms. The largest absolute Gasteiger partial charge is 0.212 e. The molecule has 0 saturated heterocycles. The SMILES string of the molecule is CS(=O)(=O)N1CCc2sccc2[C@H]1c1cccs1. The molecular weight excluding hydrogens is 286 g/mol. The molecule has 0 unspecified atom stereocenters. The zero-order valence-electron chi connectivity index (χ0n) is 9.87. The Balaban J connectivity index is 2.14. The zero-order valence-corrected chi connectivity index (χ0v) is 12.3. The van der Waals surface area contributed by atoms with Crippen LogP contribution in [0.5, 0.6) is 0 Å². The van der Waals surface area contributed by atoms with Crippen LogP contribution in [0.3, 0.4) is 0 Å². The molecule has 0 bridgehead atoms. The van der Waals surface area contributed by atoms with E-state index in [1.165, 1.54) is 11.1 Å². The van der Waals surface area contributed by atoms with Crippen molar-refractivity contribution in [2.45, 2.75) is 12.5 Å². The fourth-order valence-electron chi connectivity index (χ4n) is 2.39. The molecule has 96 valence electrons. The molecule has 1 atom stereocenters. The number of sulfonamides is 1. The topological polar surface area (TPSA) is 37.4 Å². The lowest BCUT2D eigenvalue weighted by molar-refractivity contribution is 0.353.